The van der Waals surface area contributed by atoms with Gasteiger partial charge >= 0.3 is 11.7 Å². The number of aromatic nitrogens is 2. The van der Waals surface area contributed by atoms with E-state index in [9.17, 15) is 9.59 Å². The number of methoxy groups -OCH3 is 2. The topological polar surface area (TPSA) is 135 Å². The Kier molecular flexibility index (Phi) is 14.6. The number of hydrogen-bond acceptors (Lipinski definition) is 10. The predicted octanol–water partition coefficient (Wildman–Crippen LogP) is 9.57. The minimum absolute atomic E-state index is 0.0460. The number of carbonyl (C=O) groups excluding carboxylic acids is 1. The van der Waals surface area contributed by atoms with Gasteiger partial charge in [-0.1, -0.05) is 150 Å². The molecule has 2 amide bonds. The number of hydrogen-bond donors (Lipinski definition) is 2. The van der Waals surface area contributed by atoms with Crippen molar-refractivity contribution in [2.45, 2.75) is 68.0 Å². The third-order valence-electron chi connectivity index (χ3n) is 14.0. The Morgan fingerprint density at radius 3 is 1.87 bits per heavy atom. The summed E-state index contributed by atoms with van der Waals surface area (Å²) in [5.41, 5.74) is 1.53. The fourth-order valence-electron chi connectivity index (χ4n) is 10.3. The van der Waals surface area contributed by atoms with Crippen molar-refractivity contribution >= 4 is 44.5 Å². The molecule has 3 aliphatic heterocycles. The molecule has 10 rings (SSSR count). The van der Waals surface area contributed by atoms with Crippen LogP contribution < -0.4 is 36.2 Å². The minimum Gasteiger partial charge on any atom is -0.497 e. The number of rotatable bonds is 17. The summed E-state index contributed by atoms with van der Waals surface area (Å²) >= 11 is 0. The number of fused-ring (bicyclic) bond motifs is 1. The zero-order valence-corrected chi connectivity index (χ0v) is 41.9. The molecular formula is C56H58N5O8PSi. The molecule has 15 heteroatoms. The van der Waals surface area contributed by atoms with E-state index in [0.717, 1.165) is 42.1 Å². The van der Waals surface area contributed by atoms with Crippen LogP contribution >= 0.6 is 8.53 Å². The number of anilines is 2. The van der Waals surface area contributed by atoms with Crippen molar-refractivity contribution in [2.75, 3.05) is 38.0 Å². The quantitative estimate of drug-likeness (QED) is 0.0516. The van der Waals surface area contributed by atoms with Gasteiger partial charge in [-0.15, -0.1) is 0 Å². The first-order valence-corrected chi connectivity index (χ1v) is 28.0. The van der Waals surface area contributed by atoms with Crippen LogP contribution in [0, 0.1) is 0 Å². The second-order valence-corrected chi connectivity index (χ2v) is 23.9. The molecule has 0 radical (unpaired) electrons. The van der Waals surface area contributed by atoms with Crippen LogP contribution in [0.4, 0.5) is 16.3 Å². The molecule has 0 unspecified atom stereocenters. The molecule has 13 nitrogen and oxygen atoms in total. The maximum absolute atomic E-state index is 13.9. The average Bonchev–Trinajstić information content (AvgIpc) is 4.15. The van der Waals surface area contributed by atoms with Crippen LogP contribution in [-0.2, 0) is 24.1 Å². The summed E-state index contributed by atoms with van der Waals surface area (Å²) in [6, 6.07) is 59.0. The Morgan fingerprint density at radius 2 is 1.30 bits per heavy atom. The predicted molar refractivity (Wildman–Crippen MR) is 279 cm³/mol. The number of carbonyl (C=O) groups is 1. The highest BCUT2D eigenvalue weighted by atomic mass is 31.2. The second-order valence-electron chi connectivity index (χ2n) is 18.3. The van der Waals surface area contributed by atoms with Gasteiger partial charge < -0.3 is 33.3 Å². The van der Waals surface area contributed by atoms with E-state index in [-0.39, 0.29) is 24.6 Å². The molecule has 3 fully saturated rings. The molecule has 0 bridgehead atoms. The monoisotopic (exact) mass is 987 g/mol. The minimum atomic E-state index is -2.29. The molecule has 6 atom stereocenters. The van der Waals surface area contributed by atoms with Gasteiger partial charge in [0, 0.05) is 30.9 Å². The number of nitrogens with zero attached hydrogens (tertiary/aromatic N) is 3. The smallest absolute Gasteiger partial charge is 0.351 e. The van der Waals surface area contributed by atoms with Crippen LogP contribution in [0.5, 0.6) is 11.5 Å². The Bertz CT molecular complexity index is 2840. The van der Waals surface area contributed by atoms with E-state index in [2.05, 4.69) is 99.6 Å². The summed E-state index contributed by atoms with van der Waals surface area (Å²) in [6.45, 7) is 3.39. The molecule has 6 aromatic carbocycles. The lowest BCUT2D eigenvalue weighted by atomic mass is 9.80. The summed E-state index contributed by atoms with van der Waals surface area (Å²) in [4.78, 5) is 31.1. The van der Waals surface area contributed by atoms with Crippen LogP contribution in [0.2, 0.25) is 12.6 Å². The van der Waals surface area contributed by atoms with Crippen LogP contribution in [-0.4, -0.2) is 80.1 Å². The Labute approximate surface area is 416 Å². The van der Waals surface area contributed by atoms with E-state index < -0.39 is 52.4 Å². The lowest BCUT2D eigenvalue weighted by molar-refractivity contribution is -0.0919. The largest absolute Gasteiger partial charge is 0.497 e. The molecule has 364 valence electrons. The summed E-state index contributed by atoms with van der Waals surface area (Å²) < 4.78 is 43.9. The number of para-hydroxylation sites is 1. The summed E-state index contributed by atoms with van der Waals surface area (Å²) in [5.74, 6) is 1.53. The fraction of sp³-hybridized carbons (Fsp3) is 0.268. The van der Waals surface area contributed by atoms with E-state index in [1.165, 1.54) is 14.9 Å². The third-order valence-corrected chi connectivity index (χ3v) is 20.3. The first-order valence-electron chi connectivity index (χ1n) is 24.1. The van der Waals surface area contributed by atoms with Gasteiger partial charge in [-0.05, 0) is 78.0 Å². The molecule has 7 aromatic rings. The van der Waals surface area contributed by atoms with Crippen LogP contribution in [0.1, 0.15) is 42.2 Å². The number of urea groups is 1. The molecule has 0 spiro atoms. The van der Waals surface area contributed by atoms with Crippen molar-refractivity contribution in [3.8, 4) is 11.5 Å². The third kappa shape index (κ3) is 10.2. The molecule has 2 N–H and O–H groups in total. The first kappa shape index (κ1) is 48.2. The van der Waals surface area contributed by atoms with Gasteiger partial charge in [0.2, 0.25) is 0 Å². The van der Waals surface area contributed by atoms with Crippen molar-refractivity contribution in [3.05, 3.63) is 209 Å². The maximum Gasteiger partial charge on any atom is 0.351 e. The van der Waals surface area contributed by atoms with Gasteiger partial charge in [-0.3, -0.25) is 9.88 Å². The first-order chi connectivity index (χ1) is 34.7. The van der Waals surface area contributed by atoms with Gasteiger partial charge in [-0.2, -0.15) is 4.98 Å². The zero-order chi connectivity index (χ0) is 48.8. The molecule has 0 saturated carbocycles. The standard InChI is InChI=1S/C56H58N5O8PSi/c1-64-44-30-26-41(27-31-44)56(40-17-8-4-9-18-40,42-28-32-45(65-2)33-29-42)66-38-50-49(37-53(67-50)60-36-34-52(59-55(60)63)58-54(62)57-43-19-10-5-11-20-43)68-70-61-35-16-25-48(61)51(69-70)39-71(3,46-21-12-6-13-22-46)47-23-14-7-15-24-47/h4-15,17-24,26-34,36,48-51,53H,16,25,35,37-39H2,1-3H3,(H2,57,58,59,62,63)/t48-,49-,50+,51+,53+,70+/m0/s1. The molecule has 3 saturated heterocycles. The zero-order valence-electron chi connectivity index (χ0n) is 40.0. The van der Waals surface area contributed by atoms with E-state index in [0.29, 0.717) is 23.6 Å². The van der Waals surface area contributed by atoms with Crippen LogP contribution in [0.3, 0.4) is 0 Å². The molecule has 3 aliphatic rings. The van der Waals surface area contributed by atoms with Gasteiger partial charge in [0.05, 0.1) is 33.0 Å². The van der Waals surface area contributed by atoms with E-state index >= 15 is 0 Å². The molecule has 71 heavy (non-hydrogen) atoms. The summed E-state index contributed by atoms with van der Waals surface area (Å²) in [5, 5.41) is 8.19. The lowest BCUT2D eigenvalue weighted by Crippen LogP contribution is -2.58. The Balaban J connectivity index is 0.975. The number of nitrogens with one attached hydrogen (secondary N) is 2. The van der Waals surface area contributed by atoms with Crippen LogP contribution in [0.25, 0.3) is 0 Å². The molecular weight excluding hydrogens is 930 g/mol. The molecule has 0 aliphatic carbocycles. The van der Waals surface area contributed by atoms with Gasteiger partial charge in [-0.25, -0.2) is 14.3 Å². The average molecular weight is 988 g/mol. The van der Waals surface area contributed by atoms with Crippen molar-refractivity contribution in [3.63, 3.8) is 0 Å². The number of ether oxygens (including phenoxy) is 4. The number of benzene rings is 6. The summed E-state index contributed by atoms with van der Waals surface area (Å²) in [6.07, 6.45) is 1.94. The maximum atomic E-state index is 13.9. The Morgan fingerprint density at radius 1 is 0.732 bits per heavy atom. The van der Waals surface area contributed by atoms with Crippen molar-refractivity contribution in [1.29, 1.82) is 0 Å². The summed E-state index contributed by atoms with van der Waals surface area (Å²) in [7, 11) is -0.519. The highest BCUT2D eigenvalue weighted by Crippen LogP contribution is 2.59. The SMILES string of the molecule is COc1ccc(C(OC[C@H]2O[C@@H](n3ccc(NC(=O)Nc4ccccc4)nc3=O)C[C@@H]2O[P@]2O[C@H](C[Si](C)(c3ccccc3)c3ccccc3)[C@@H]3CCCN32)(c2ccccc2)c2ccc(OC)cc2)cc1. The van der Waals surface area contributed by atoms with Gasteiger partial charge in [0.25, 0.3) is 8.53 Å². The highest BCUT2D eigenvalue weighted by molar-refractivity contribution is 7.45. The van der Waals surface area contributed by atoms with E-state index in [1.54, 1.807) is 38.6 Å². The molecule has 1 aromatic heterocycles. The molecule has 4 heterocycles. The highest BCUT2D eigenvalue weighted by Gasteiger charge is 2.52. The Hall–Kier alpha value is -6.48. The van der Waals surface area contributed by atoms with Crippen molar-refractivity contribution < 1.29 is 32.8 Å². The van der Waals surface area contributed by atoms with Crippen molar-refractivity contribution in [1.82, 2.24) is 14.2 Å². The lowest BCUT2D eigenvalue weighted by Gasteiger charge is -2.37. The normalized spacial score (nSPS) is 21.1. The number of amides is 2. The fourth-order valence-corrected chi connectivity index (χ4v) is 16.3. The second kappa shape index (κ2) is 21.5. The van der Waals surface area contributed by atoms with Gasteiger partial charge in [0.1, 0.15) is 43.3 Å². The van der Waals surface area contributed by atoms with E-state index in [1.807, 2.05) is 84.9 Å². The van der Waals surface area contributed by atoms with Crippen LogP contribution in [0.15, 0.2) is 187 Å². The van der Waals surface area contributed by atoms with Crippen molar-refractivity contribution in [2.24, 2.45) is 0 Å². The van der Waals surface area contributed by atoms with Gasteiger partial charge in [0.15, 0.2) is 0 Å². The van der Waals surface area contributed by atoms with E-state index in [4.69, 9.17) is 28.0 Å².